The van der Waals surface area contributed by atoms with Crippen molar-refractivity contribution < 1.29 is 9.53 Å². The largest absolute Gasteiger partial charge is 0.450 e. The molecule has 0 spiro atoms. The maximum absolute atomic E-state index is 12.6. The summed E-state index contributed by atoms with van der Waals surface area (Å²) in [4.78, 5) is 14.6. The molecule has 25 heavy (non-hydrogen) atoms. The van der Waals surface area contributed by atoms with Crippen molar-refractivity contribution in [3.63, 3.8) is 0 Å². The number of carbonyl (C=O) groups is 1. The number of amides is 1. The topological polar surface area (TPSA) is 29.5 Å². The summed E-state index contributed by atoms with van der Waals surface area (Å²) >= 11 is 0. The molecular formula is C22H25NO2. The fourth-order valence-corrected chi connectivity index (χ4v) is 4.86. The zero-order chi connectivity index (χ0) is 17.2. The molecule has 3 heteroatoms. The van der Waals surface area contributed by atoms with E-state index in [4.69, 9.17) is 4.74 Å². The first-order valence-electron chi connectivity index (χ1n) is 9.34. The van der Waals surface area contributed by atoms with Gasteiger partial charge < -0.3 is 9.64 Å². The summed E-state index contributed by atoms with van der Waals surface area (Å²) < 4.78 is 5.37. The third-order valence-corrected chi connectivity index (χ3v) is 5.81. The Labute approximate surface area is 149 Å². The highest BCUT2D eigenvalue weighted by atomic mass is 16.6. The molecule has 2 bridgehead atoms. The lowest BCUT2D eigenvalue weighted by Crippen LogP contribution is -2.50. The maximum Gasteiger partial charge on any atom is 0.410 e. The van der Waals surface area contributed by atoms with Crippen LogP contribution in [0, 0.1) is 0 Å². The second-order valence-corrected chi connectivity index (χ2v) is 7.09. The van der Waals surface area contributed by atoms with Gasteiger partial charge in [-0.05, 0) is 43.2 Å². The molecule has 0 unspecified atom stereocenters. The Kier molecular flexibility index (Phi) is 4.48. The minimum atomic E-state index is -0.137. The van der Waals surface area contributed by atoms with Crippen molar-refractivity contribution >= 4 is 6.09 Å². The summed E-state index contributed by atoms with van der Waals surface area (Å²) in [5.41, 5.74) is 2.72. The maximum atomic E-state index is 12.6. The van der Waals surface area contributed by atoms with E-state index in [1.807, 2.05) is 11.8 Å². The van der Waals surface area contributed by atoms with Crippen LogP contribution < -0.4 is 0 Å². The van der Waals surface area contributed by atoms with Crippen LogP contribution in [0.3, 0.4) is 0 Å². The van der Waals surface area contributed by atoms with Crippen molar-refractivity contribution in [2.75, 3.05) is 6.61 Å². The van der Waals surface area contributed by atoms with E-state index in [9.17, 15) is 4.79 Å². The zero-order valence-corrected chi connectivity index (χ0v) is 14.7. The predicted octanol–water partition coefficient (Wildman–Crippen LogP) is 4.95. The molecule has 0 N–H and O–H groups in total. The van der Waals surface area contributed by atoms with Gasteiger partial charge in [0.05, 0.1) is 6.61 Å². The number of nitrogens with zero attached hydrogens (tertiary/aromatic N) is 1. The minimum absolute atomic E-state index is 0.137. The van der Waals surface area contributed by atoms with Gasteiger partial charge in [0.2, 0.25) is 0 Å². The molecule has 0 saturated carbocycles. The lowest BCUT2D eigenvalue weighted by molar-refractivity contribution is 0.0609. The monoisotopic (exact) mass is 335 g/mol. The van der Waals surface area contributed by atoms with Crippen LogP contribution in [0.4, 0.5) is 4.79 Å². The molecule has 2 aromatic carbocycles. The van der Waals surface area contributed by atoms with Gasteiger partial charge in [-0.2, -0.15) is 0 Å². The van der Waals surface area contributed by atoms with E-state index in [-0.39, 0.29) is 12.1 Å². The second kappa shape index (κ2) is 6.91. The molecule has 0 radical (unpaired) electrons. The second-order valence-electron chi connectivity index (χ2n) is 7.09. The first-order chi connectivity index (χ1) is 12.3. The summed E-state index contributed by atoms with van der Waals surface area (Å²) in [6, 6.07) is 22.0. The van der Waals surface area contributed by atoms with E-state index in [0.29, 0.717) is 24.5 Å². The van der Waals surface area contributed by atoms with Crippen LogP contribution in [-0.2, 0) is 4.74 Å². The van der Waals surface area contributed by atoms with Gasteiger partial charge in [0.25, 0.3) is 0 Å². The fourth-order valence-electron chi connectivity index (χ4n) is 4.86. The number of hydrogen-bond donors (Lipinski definition) is 0. The number of hydrogen-bond acceptors (Lipinski definition) is 2. The van der Waals surface area contributed by atoms with Gasteiger partial charge in [-0.1, -0.05) is 60.7 Å². The van der Waals surface area contributed by atoms with Gasteiger partial charge in [0, 0.05) is 18.0 Å². The van der Waals surface area contributed by atoms with Crippen molar-refractivity contribution in [1.29, 1.82) is 0 Å². The molecule has 3 nitrogen and oxygen atoms in total. The van der Waals surface area contributed by atoms with E-state index < -0.39 is 0 Å². The normalized spacial score (nSPS) is 28.0. The first kappa shape index (κ1) is 16.2. The van der Waals surface area contributed by atoms with Crippen LogP contribution in [0.1, 0.15) is 49.1 Å². The third-order valence-electron chi connectivity index (χ3n) is 5.81. The summed E-state index contributed by atoms with van der Waals surface area (Å²) in [7, 11) is 0. The van der Waals surface area contributed by atoms with E-state index in [2.05, 4.69) is 60.7 Å². The summed E-state index contributed by atoms with van der Waals surface area (Å²) in [6.45, 7) is 2.32. The number of rotatable bonds is 3. The SMILES string of the molecule is CCOC(=O)N1[C@H]2CC[C@@H]1[C@H](c1ccccc1)[C@H](c1ccccc1)C2. The lowest BCUT2D eigenvalue weighted by atomic mass is 9.73. The molecule has 1 amide bonds. The molecule has 2 fully saturated rings. The van der Waals surface area contributed by atoms with Crippen molar-refractivity contribution in [1.82, 2.24) is 4.90 Å². The van der Waals surface area contributed by atoms with E-state index in [1.165, 1.54) is 11.1 Å². The Balaban J connectivity index is 1.74. The third kappa shape index (κ3) is 2.92. The van der Waals surface area contributed by atoms with Crippen LogP contribution in [0.2, 0.25) is 0 Å². The quantitative estimate of drug-likeness (QED) is 0.794. The van der Waals surface area contributed by atoms with E-state index in [0.717, 1.165) is 19.3 Å². The van der Waals surface area contributed by atoms with Crippen LogP contribution in [0.25, 0.3) is 0 Å². The Morgan fingerprint density at radius 3 is 2.28 bits per heavy atom. The summed E-state index contributed by atoms with van der Waals surface area (Å²) in [5.74, 6) is 0.776. The van der Waals surface area contributed by atoms with Crippen LogP contribution >= 0.6 is 0 Å². The number of carbonyl (C=O) groups excluding carboxylic acids is 1. The lowest BCUT2D eigenvalue weighted by Gasteiger charge is -2.44. The van der Waals surface area contributed by atoms with E-state index in [1.54, 1.807) is 0 Å². The first-order valence-corrected chi connectivity index (χ1v) is 9.34. The van der Waals surface area contributed by atoms with Gasteiger partial charge in [0.15, 0.2) is 0 Å². The smallest absolute Gasteiger partial charge is 0.410 e. The molecule has 4 rings (SSSR count). The van der Waals surface area contributed by atoms with Gasteiger partial charge in [-0.3, -0.25) is 0 Å². The molecule has 0 aliphatic carbocycles. The fraction of sp³-hybridized carbons (Fsp3) is 0.409. The van der Waals surface area contributed by atoms with Crippen LogP contribution in [0.15, 0.2) is 60.7 Å². The molecular weight excluding hydrogens is 310 g/mol. The number of piperidine rings is 1. The molecule has 2 saturated heterocycles. The summed E-state index contributed by atoms with van der Waals surface area (Å²) in [5, 5.41) is 0. The van der Waals surface area contributed by atoms with Gasteiger partial charge in [-0.15, -0.1) is 0 Å². The zero-order valence-electron chi connectivity index (χ0n) is 14.7. The molecule has 0 aromatic heterocycles. The predicted molar refractivity (Wildman–Crippen MR) is 98.7 cm³/mol. The number of benzene rings is 2. The van der Waals surface area contributed by atoms with E-state index >= 15 is 0 Å². The van der Waals surface area contributed by atoms with Gasteiger partial charge in [-0.25, -0.2) is 4.79 Å². The standard InChI is InChI=1S/C22H25NO2/c1-2-25-22(24)23-18-13-14-20(23)21(17-11-7-4-8-12-17)19(15-18)16-9-5-3-6-10-16/h3-12,18-21H,2,13-15H2,1H3/t18-,19-,20+,21+/m0/s1. The van der Waals surface area contributed by atoms with Crippen molar-refractivity contribution in [3.8, 4) is 0 Å². The van der Waals surface area contributed by atoms with Crippen molar-refractivity contribution in [2.45, 2.75) is 50.1 Å². The minimum Gasteiger partial charge on any atom is -0.450 e. The average Bonchev–Trinajstić information content (AvgIpc) is 2.97. The summed E-state index contributed by atoms with van der Waals surface area (Å²) in [6.07, 6.45) is 3.02. The van der Waals surface area contributed by atoms with Crippen molar-refractivity contribution in [3.05, 3.63) is 71.8 Å². The highest BCUT2D eigenvalue weighted by Crippen LogP contribution is 2.51. The molecule has 2 heterocycles. The Morgan fingerprint density at radius 1 is 1.00 bits per heavy atom. The molecule has 2 aromatic rings. The Morgan fingerprint density at radius 2 is 1.64 bits per heavy atom. The molecule has 2 aliphatic rings. The Bertz CT molecular complexity index is 715. The Hall–Kier alpha value is -2.29. The van der Waals surface area contributed by atoms with Gasteiger partial charge in [0.1, 0.15) is 0 Å². The van der Waals surface area contributed by atoms with Crippen LogP contribution in [0.5, 0.6) is 0 Å². The van der Waals surface area contributed by atoms with Crippen molar-refractivity contribution in [2.24, 2.45) is 0 Å². The van der Waals surface area contributed by atoms with Gasteiger partial charge >= 0.3 is 6.09 Å². The van der Waals surface area contributed by atoms with Crippen LogP contribution in [-0.4, -0.2) is 29.7 Å². The number of fused-ring (bicyclic) bond motifs is 2. The average molecular weight is 335 g/mol. The highest BCUT2D eigenvalue weighted by Gasteiger charge is 2.50. The molecule has 130 valence electrons. The highest BCUT2D eigenvalue weighted by molar-refractivity contribution is 5.69. The molecule has 4 atom stereocenters. The molecule has 2 aliphatic heterocycles. The number of ether oxygens (including phenoxy) is 1.